The Morgan fingerprint density at radius 1 is 1.16 bits per heavy atom. The lowest BCUT2D eigenvalue weighted by Gasteiger charge is -2.40. The maximum Gasteiger partial charge on any atom is 0.407 e. The van der Waals surface area contributed by atoms with E-state index in [0.717, 1.165) is 32.1 Å². The van der Waals surface area contributed by atoms with Crippen molar-refractivity contribution in [3.05, 3.63) is 0 Å². The Morgan fingerprint density at radius 2 is 1.88 bits per heavy atom. The van der Waals surface area contributed by atoms with Crippen LogP contribution in [0.15, 0.2) is 0 Å². The highest BCUT2D eigenvalue weighted by molar-refractivity contribution is 7.86. The minimum atomic E-state index is -3.48. The molecule has 2 aliphatic rings. The number of rotatable bonds is 4. The van der Waals surface area contributed by atoms with Crippen LogP contribution in [0.1, 0.15) is 59.8 Å². The maximum absolute atomic E-state index is 13.1. The van der Waals surface area contributed by atoms with Gasteiger partial charge >= 0.3 is 6.09 Å². The number of hydrogen-bond donors (Lipinski definition) is 1. The van der Waals surface area contributed by atoms with Crippen LogP contribution in [0.2, 0.25) is 0 Å². The molecule has 0 aromatic carbocycles. The van der Waals surface area contributed by atoms with Crippen LogP contribution in [0.4, 0.5) is 4.79 Å². The Bertz CT molecular complexity index is 559. The molecule has 0 aromatic rings. The van der Waals surface area contributed by atoms with Crippen molar-refractivity contribution in [1.29, 1.82) is 0 Å². The smallest absolute Gasteiger partial charge is 0.407 e. The highest BCUT2D eigenvalue weighted by Gasteiger charge is 2.38. The van der Waals surface area contributed by atoms with Gasteiger partial charge in [-0.3, -0.25) is 0 Å². The first-order valence-electron chi connectivity index (χ1n) is 9.33. The summed E-state index contributed by atoms with van der Waals surface area (Å²) in [6, 6.07) is -0.205. The second kappa shape index (κ2) is 8.22. The number of hydrogen-bond acceptors (Lipinski definition) is 4. The first-order valence-corrected chi connectivity index (χ1v) is 10.7. The summed E-state index contributed by atoms with van der Waals surface area (Å²) in [7, 11) is -3.48. The molecule has 2 aliphatic heterocycles. The summed E-state index contributed by atoms with van der Waals surface area (Å²) in [6.07, 6.45) is 4.10. The number of alkyl carbamates (subject to hydrolysis) is 1. The quantitative estimate of drug-likeness (QED) is 0.818. The Balaban J connectivity index is 2.00. The topological polar surface area (TPSA) is 79.0 Å². The molecule has 146 valence electrons. The van der Waals surface area contributed by atoms with Gasteiger partial charge < -0.3 is 10.1 Å². The highest BCUT2D eigenvalue weighted by Crippen LogP contribution is 2.26. The summed E-state index contributed by atoms with van der Waals surface area (Å²) in [4.78, 5) is 11.9. The zero-order valence-corrected chi connectivity index (χ0v) is 16.8. The van der Waals surface area contributed by atoms with E-state index in [1.165, 1.54) is 0 Å². The molecule has 0 radical (unpaired) electrons. The van der Waals surface area contributed by atoms with Gasteiger partial charge in [0, 0.05) is 32.2 Å². The lowest BCUT2D eigenvalue weighted by molar-refractivity contribution is 0.0510. The molecule has 7 nitrogen and oxygen atoms in total. The van der Waals surface area contributed by atoms with Gasteiger partial charge in [0.1, 0.15) is 5.60 Å². The number of nitrogens with one attached hydrogen (secondary N) is 1. The third-order valence-electron chi connectivity index (χ3n) is 4.70. The van der Waals surface area contributed by atoms with Crippen molar-refractivity contribution in [3.63, 3.8) is 0 Å². The third-order valence-corrected chi connectivity index (χ3v) is 6.75. The van der Waals surface area contributed by atoms with Gasteiger partial charge in [-0.1, -0.05) is 13.3 Å². The van der Waals surface area contributed by atoms with E-state index in [1.54, 1.807) is 8.61 Å². The molecule has 25 heavy (non-hydrogen) atoms. The van der Waals surface area contributed by atoms with Crippen molar-refractivity contribution < 1.29 is 17.9 Å². The number of amides is 1. The molecule has 2 atom stereocenters. The fourth-order valence-electron chi connectivity index (χ4n) is 3.50. The third kappa shape index (κ3) is 5.82. The average molecular weight is 376 g/mol. The van der Waals surface area contributed by atoms with Crippen molar-refractivity contribution in [1.82, 2.24) is 13.9 Å². The first kappa shape index (κ1) is 20.5. The van der Waals surface area contributed by atoms with Gasteiger partial charge in [0.05, 0.1) is 0 Å². The summed E-state index contributed by atoms with van der Waals surface area (Å²) in [5.41, 5.74) is -0.563. The van der Waals surface area contributed by atoms with Gasteiger partial charge in [-0.2, -0.15) is 17.0 Å². The van der Waals surface area contributed by atoms with Crippen LogP contribution in [-0.2, 0) is 14.9 Å². The molecule has 1 N–H and O–H groups in total. The predicted octanol–water partition coefficient (Wildman–Crippen LogP) is 2.34. The van der Waals surface area contributed by atoms with Gasteiger partial charge in [0.2, 0.25) is 0 Å². The van der Waals surface area contributed by atoms with E-state index in [1.807, 2.05) is 20.8 Å². The van der Waals surface area contributed by atoms with Gasteiger partial charge in [0.25, 0.3) is 10.2 Å². The summed E-state index contributed by atoms with van der Waals surface area (Å²) in [6.45, 7) is 9.51. The van der Waals surface area contributed by atoms with Crippen LogP contribution in [0.3, 0.4) is 0 Å². The van der Waals surface area contributed by atoms with E-state index in [4.69, 9.17) is 4.74 Å². The van der Waals surface area contributed by atoms with E-state index >= 15 is 0 Å². The monoisotopic (exact) mass is 375 g/mol. The molecule has 2 fully saturated rings. The molecular formula is C17H33N3O4S. The Labute approximate surface area is 152 Å². The van der Waals surface area contributed by atoms with Gasteiger partial charge in [-0.15, -0.1) is 0 Å². The molecule has 0 spiro atoms. The van der Waals surface area contributed by atoms with Crippen LogP contribution in [0, 0.1) is 5.92 Å². The Morgan fingerprint density at radius 3 is 2.52 bits per heavy atom. The second-order valence-electron chi connectivity index (χ2n) is 8.26. The highest BCUT2D eigenvalue weighted by atomic mass is 32.2. The van der Waals surface area contributed by atoms with Crippen LogP contribution in [-0.4, -0.2) is 60.9 Å². The maximum atomic E-state index is 13.1. The molecule has 2 unspecified atom stereocenters. The number of ether oxygens (including phenoxy) is 1. The minimum absolute atomic E-state index is 0.205. The standard InChI is InChI=1S/C17H33N3O4S/c1-14-8-7-10-19(13-14)25(22,23)20-11-6-5-9-15(20)12-18-16(21)24-17(2,3)4/h14-15H,5-13H2,1-4H3,(H,18,21). The molecule has 0 bridgehead atoms. The zero-order valence-electron chi connectivity index (χ0n) is 16.0. The fourth-order valence-corrected chi connectivity index (χ4v) is 5.52. The molecule has 0 aliphatic carbocycles. The molecule has 0 aromatic heterocycles. The SMILES string of the molecule is CC1CCCN(S(=O)(=O)N2CCCCC2CNC(=O)OC(C)(C)C)C1. The number of piperidine rings is 2. The molecule has 0 saturated carbocycles. The van der Waals surface area contributed by atoms with E-state index in [0.29, 0.717) is 25.6 Å². The minimum Gasteiger partial charge on any atom is -0.444 e. The molecule has 2 saturated heterocycles. The Kier molecular flexibility index (Phi) is 6.73. The summed E-state index contributed by atoms with van der Waals surface area (Å²) in [5.74, 6) is 0.395. The summed E-state index contributed by atoms with van der Waals surface area (Å²) >= 11 is 0. The lowest BCUT2D eigenvalue weighted by Crippen LogP contribution is -2.55. The molecular weight excluding hydrogens is 342 g/mol. The van der Waals surface area contributed by atoms with E-state index in [2.05, 4.69) is 12.2 Å². The van der Waals surface area contributed by atoms with Crippen molar-refractivity contribution in [2.75, 3.05) is 26.2 Å². The summed E-state index contributed by atoms with van der Waals surface area (Å²) in [5, 5.41) is 2.74. The van der Waals surface area contributed by atoms with Gasteiger partial charge in [-0.25, -0.2) is 4.79 Å². The van der Waals surface area contributed by atoms with Crippen LogP contribution >= 0.6 is 0 Å². The van der Waals surface area contributed by atoms with Gasteiger partial charge in [-0.05, 0) is 52.4 Å². The van der Waals surface area contributed by atoms with Crippen molar-refractivity contribution in [3.8, 4) is 0 Å². The van der Waals surface area contributed by atoms with E-state index in [9.17, 15) is 13.2 Å². The second-order valence-corrected chi connectivity index (χ2v) is 10.1. The first-order chi connectivity index (χ1) is 11.6. The lowest BCUT2D eigenvalue weighted by atomic mass is 10.0. The molecule has 2 rings (SSSR count). The fraction of sp³-hybridized carbons (Fsp3) is 0.941. The van der Waals surface area contributed by atoms with Crippen molar-refractivity contribution >= 4 is 16.3 Å². The van der Waals surface area contributed by atoms with Crippen LogP contribution in [0.5, 0.6) is 0 Å². The predicted molar refractivity (Wildman–Crippen MR) is 97.5 cm³/mol. The molecule has 2 heterocycles. The molecule has 1 amide bonds. The largest absolute Gasteiger partial charge is 0.444 e. The Hall–Kier alpha value is -0.860. The number of carbonyl (C=O) groups excluding carboxylic acids is 1. The van der Waals surface area contributed by atoms with Crippen molar-refractivity contribution in [2.45, 2.75) is 71.4 Å². The zero-order chi connectivity index (χ0) is 18.7. The average Bonchev–Trinajstić information content (AvgIpc) is 2.51. The van der Waals surface area contributed by atoms with E-state index < -0.39 is 21.9 Å². The van der Waals surface area contributed by atoms with Crippen molar-refractivity contribution in [2.24, 2.45) is 5.92 Å². The summed E-state index contributed by atoms with van der Waals surface area (Å²) < 4.78 is 34.6. The van der Waals surface area contributed by atoms with Crippen LogP contribution < -0.4 is 5.32 Å². The number of nitrogens with zero attached hydrogens (tertiary/aromatic N) is 2. The van der Waals surface area contributed by atoms with Crippen LogP contribution in [0.25, 0.3) is 0 Å². The number of carbonyl (C=O) groups is 1. The molecule has 8 heteroatoms. The normalized spacial score (nSPS) is 27.0. The van der Waals surface area contributed by atoms with E-state index in [-0.39, 0.29) is 12.6 Å². The van der Waals surface area contributed by atoms with Gasteiger partial charge in [0.15, 0.2) is 0 Å².